The van der Waals surface area contributed by atoms with Gasteiger partial charge < -0.3 is 24.6 Å². The number of aliphatic hydroxyl groups excluding tert-OH is 1. The molecule has 1 aliphatic rings. The summed E-state index contributed by atoms with van der Waals surface area (Å²) in [7, 11) is 4.80. The molecule has 0 saturated heterocycles. The van der Waals surface area contributed by atoms with Gasteiger partial charge in [0.2, 0.25) is 5.95 Å². The molecule has 0 amide bonds. The molecule has 0 aliphatic heterocycles. The van der Waals surface area contributed by atoms with Crippen molar-refractivity contribution in [3.8, 4) is 28.5 Å². The Morgan fingerprint density at radius 2 is 1.72 bits per heavy atom. The van der Waals surface area contributed by atoms with Gasteiger partial charge in [0, 0.05) is 35.1 Å². The Kier molecular flexibility index (Phi) is 5.22. The number of hydrogen-bond acceptors (Lipinski definition) is 7. The Balaban J connectivity index is 1.72. The first kappa shape index (κ1) is 19.0. The monoisotopic (exact) mass is 393 g/mol. The number of aliphatic hydroxyl groups is 1. The highest BCUT2D eigenvalue weighted by molar-refractivity contribution is 5.73. The van der Waals surface area contributed by atoms with Gasteiger partial charge in [0.1, 0.15) is 17.2 Å². The zero-order valence-electron chi connectivity index (χ0n) is 16.7. The van der Waals surface area contributed by atoms with Gasteiger partial charge in [-0.25, -0.2) is 9.97 Å². The normalized spacial score (nSPS) is 12.0. The topological polar surface area (TPSA) is 85.7 Å². The van der Waals surface area contributed by atoms with E-state index in [2.05, 4.69) is 16.4 Å². The van der Waals surface area contributed by atoms with Crippen molar-refractivity contribution in [2.45, 2.75) is 19.4 Å². The van der Waals surface area contributed by atoms with E-state index in [-0.39, 0.29) is 6.61 Å². The van der Waals surface area contributed by atoms with Crippen LogP contribution in [0.25, 0.3) is 11.3 Å². The molecule has 7 nitrogen and oxygen atoms in total. The minimum atomic E-state index is -0.180. The minimum absolute atomic E-state index is 0.180. The Labute approximate surface area is 169 Å². The van der Waals surface area contributed by atoms with Crippen molar-refractivity contribution in [3.05, 3.63) is 53.2 Å². The van der Waals surface area contributed by atoms with E-state index in [4.69, 9.17) is 19.2 Å². The van der Waals surface area contributed by atoms with Crippen LogP contribution in [0.3, 0.4) is 0 Å². The van der Waals surface area contributed by atoms with Crippen LogP contribution in [0.1, 0.15) is 16.7 Å². The largest absolute Gasteiger partial charge is 0.496 e. The first-order chi connectivity index (χ1) is 14.2. The van der Waals surface area contributed by atoms with Gasteiger partial charge in [-0.3, -0.25) is 0 Å². The molecule has 29 heavy (non-hydrogen) atoms. The Bertz CT molecular complexity index is 1030. The maximum absolute atomic E-state index is 9.59. The van der Waals surface area contributed by atoms with Crippen molar-refractivity contribution in [1.29, 1.82) is 0 Å². The summed E-state index contributed by atoms with van der Waals surface area (Å²) in [5.74, 6) is 2.42. The van der Waals surface area contributed by atoms with Crippen LogP contribution in [-0.2, 0) is 19.4 Å². The van der Waals surface area contributed by atoms with Crippen LogP contribution in [0.4, 0.5) is 11.6 Å². The number of methoxy groups -OCH3 is 3. The summed E-state index contributed by atoms with van der Waals surface area (Å²) in [6, 6.07) is 9.59. The molecule has 0 saturated carbocycles. The third-order valence-electron chi connectivity index (χ3n) is 5.14. The third kappa shape index (κ3) is 3.45. The van der Waals surface area contributed by atoms with E-state index in [1.54, 1.807) is 33.5 Å². The van der Waals surface area contributed by atoms with Crippen LogP contribution in [0, 0.1) is 0 Å². The quantitative estimate of drug-likeness (QED) is 0.663. The summed E-state index contributed by atoms with van der Waals surface area (Å²) in [6.45, 7) is -0.180. The number of nitrogens with one attached hydrogen (secondary N) is 1. The molecule has 2 aromatic carbocycles. The zero-order chi connectivity index (χ0) is 20.4. The molecular weight excluding hydrogens is 370 g/mol. The van der Waals surface area contributed by atoms with E-state index < -0.39 is 0 Å². The van der Waals surface area contributed by atoms with Crippen molar-refractivity contribution in [3.63, 3.8) is 0 Å². The lowest BCUT2D eigenvalue weighted by Crippen LogP contribution is -2.10. The molecule has 3 aromatic rings. The minimum Gasteiger partial charge on any atom is -0.496 e. The van der Waals surface area contributed by atoms with Crippen molar-refractivity contribution < 1.29 is 19.3 Å². The highest BCUT2D eigenvalue weighted by Crippen LogP contribution is 2.38. The van der Waals surface area contributed by atoms with Gasteiger partial charge in [-0.15, -0.1) is 0 Å². The van der Waals surface area contributed by atoms with Crippen LogP contribution >= 0.6 is 0 Å². The van der Waals surface area contributed by atoms with Gasteiger partial charge >= 0.3 is 0 Å². The fourth-order valence-corrected chi connectivity index (χ4v) is 3.72. The van der Waals surface area contributed by atoms with E-state index in [0.717, 1.165) is 35.4 Å². The van der Waals surface area contributed by atoms with Crippen molar-refractivity contribution >= 4 is 11.6 Å². The zero-order valence-corrected chi connectivity index (χ0v) is 16.7. The van der Waals surface area contributed by atoms with Crippen molar-refractivity contribution in [2.75, 3.05) is 26.6 Å². The molecule has 0 radical (unpaired) electrons. The summed E-state index contributed by atoms with van der Waals surface area (Å²) >= 11 is 0. The summed E-state index contributed by atoms with van der Waals surface area (Å²) in [6.07, 6.45) is 3.64. The number of rotatable bonds is 6. The lowest BCUT2D eigenvalue weighted by atomic mass is 9.89. The molecule has 0 unspecified atom stereocenters. The molecule has 1 aliphatic carbocycles. The average molecular weight is 393 g/mol. The first-order valence-corrected chi connectivity index (χ1v) is 9.33. The number of benzene rings is 2. The standard InChI is InChI=1S/C22H23N3O4/c1-27-18-6-4-5-16-15(18)8-7-13-11-23-22(25-21(13)16)24-14-9-19(28-2)17(12-26)20(10-14)29-3/h4-6,9-11,26H,7-8,12H2,1-3H3,(H,23,24,25). The first-order valence-electron chi connectivity index (χ1n) is 9.33. The molecule has 7 heteroatoms. The van der Waals surface area contributed by atoms with Gasteiger partial charge in [0.25, 0.3) is 0 Å². The van der Waals surface area contributed by atoms with Crippen LogP contribution in [-0.4, -0.2) is 36.4 Å². The van der Waals surface area contributed by atoms with Gasteiger partial charge in [0.15, 0.2) is 0 Å². The third-order valence-corrected chi connectivity index (χ3v) is 5.14. The van der Waals surface area contributed by atoms with Gasteiger partial charge in [-0.1, -0.05) is 12.1 Å². The van der Waals surface area contributed by atoms with E-state index in [0.29, 0.717) is 28.7 Å². The molecule has 1 aromatic heterocycles. The van der Waals surface area contributed by atoms with E-state index in [1.165, 1.54) is 5.56 Å². The van der Waals surface area contributed by atoms with E-state index >= 15 is 0 Å². The number of nitrogens with zero attached hydrogens (tertiary/aromatic N) is 2. The average Bonchev–Trinajstić information content (AvgIpc) is 2.77. The second kappa shape index (κ2) is 7.97. The molecule has 0 bridgehead atoms. The molecule has 2 N–H and O–H groups in total. The lowest BCUT2D eigenvalue weighted by Gasteiger charge is -2.21. The second-order valence-electron chi connectivity index (χ2n) is 6.70. The van der Waals surface area contributed by atoms with E-state index in [1.807, 2.05) is 18.3 Å². The lowest BCUT2D eigenvalue weighted by molar-refractivity contribution is 0.265. The van der Waals surface area contributed by atoms with E-state index in [9.17, 15) is 5.11 Å². The van der Waals surface area contributed by atoms with Crippen molar-refractivity contribution in [2.24, 2.45) is 0 Å². The highest BCUT2D eigenvalue weighted by Gasteiger charge is 2.21. The maximum Gasteiger partial charge on any atom is 0.227 e. The van der Waals surface area contributed by atoms with Crippen molar-refractivity contribution in [1.82, 2.24) is 9.97 Å². The second-order valence-corrected chi connectivity index (χ2v) is 6.70. The molecule has 0 atom stereocenters. The number of ether oxygens (including phenoxy) is 3. The Morgan fingerprint density at radius 1 is 1.00 bits per heavy atom. The molecule has 4 rings (SSSR count). The molecule has 0 fully saturated rings. The molecular formula is C22H23N3O4. The number of hydrogen-bond donors (Lipinski definition) is 2. The summed E-state index contributed by atoms with van der Waals surface area (Å²) in [5, 5.41) is 12.8. The number of fused-ring (bicyclic) bond motifs is 3. The van der Waals surface area contributed by atoms with Gasteiger partial charge in [-0.05, 0) is 24.5 Å². The summed E-state index contributed by atoms with van der Waals surface area (Å²) < 4.78 is 16.3. The molecule has 1 heterocycles. The van der Waals surface area contributed by atoms with Crippen LogP contribution in [0.2, 0.25) is 0 Å². The van der Waals surface area contributed by atoms with Gasteiger partial charge in [0.05, 0.1) is 39.2 Å². The van der Waals surface area contributed by atoms with Crippen LogP contribution < -0.4 is 19.5 Å². The molecule has 150 valence electrons. The highest BCUT2D eigenvalue weighted by atomic mass is 16.5. The SMILES string of the molecule is COc1cc(Nc2ncc3c(n2)-c2cccc(OC)c2CC3)cc(OC)c1CO. The number of aromatic nitrogens is 2. The fraction of sp³-hybridized carbons (Fsp3) is 0.273. The predicted molar refractivity (Wildman–Crippen MR) is 110 cm³/mol. The maximum atomic E-state index is 9.59. The predicted octanol–water partition coefficient (Wildman–Crippen LogP) is 3.50. The van der Waals surface area contributed by atoms with Crippen LogP contribution in [0.15, 0.2) is 36.5 Å². The number of anilines is 2. The summed E-state index contributed by atoms with van der Waals surface area (Å²) in [4.78, 5) is 9.24. The Hall–Kier alpha value is -3.32. The molecule has 0 spiro atoms. The smallest absolute Gasteiger partial charge is 0.227 e. The van der Waals surface area contributed by atoms with Gasteiger partial charge in [-0.2, -0.15) is 0 Å². The summed E-state index contributed by atoms with van der Waals surface area (Å²) in [5.41, 5.74) is 5.56. The fourth-order valence-electron chi connectivity index (χ4n) is 3.72. The number of aryl methyl sites for hydroxylation is 1. The Morgan fingerprint density at radius 3 is 2.38 bits per heavy atom. The van der Waals surface area contributed by atoms with Crippen LogP contribution in [0.5, 0.6) is 17.2 Å².